The number of carbonyl (C=O) groups is 1. The number of benzene rings is 1. The van der Waals surface area contributed by atoms with Gasteiger partial charge < -0.3 is 10.4 Å². The molecule has 1 aromatic rings. The first kappa shape index (κ1) is 15.7. The summed E-state index contributed by atoms with van der Waals surface area (Å²) in [4.78, 5) is 14.0. The number of nitrogens with one attached hydrogen (secondary N) is 1. The number of aryl methyl sites for hydroxylation is 2. The fourth-order valence-electron chi connectivity index (χ4n) is 2.12. The number of para-hydroxylation sites is 1. The molecule has 1 aromatic carbocycles. The summed E-state index contributed by atoms with van der Waals surface area (Å²) in [7, 11) is 0. The van der Waals surface area contributed by atoms with Crippen molar-refractivity contribution in [1.29, 1.82) is 0 Å². The summed E-state index contributed by atoms with van der Waals surface area (Å²) < 4.78 is 0. The summed E-state index contributed by atoms with van der Waals surface area (Å²) >= 11 is 0. The first-order valence-electron chi connectivity index (χ1n) is 6.77. The Morgan fingerprint density at radius 2 is 1.89 bits per heavy atom. The molecule has 0 saturated carbocycles. The van der Waals surface area contributed by atoms with E-state index in [1.807, 2.05) is 36.9 Å². The second-order valence-corrected chi connectivity index (χ2v) is 4.81. The van der Waals surface area contributed by atoms with Gasteiger partial charge in [-0.1, -0.05) is 25.1 Å². The Bertz CT molecular complexity index is 392. The van der Waals surface area contributed by atoms with Gasteiger partial charge in [-0.05, 0) is 37.9 Å². The molecule has 0 aliphatic carbocycles. The van der Waals surface area contributed by atoms with E-state index in [2.05, 4.69) is 12.2 Å². The molecule has 0 radical (unpaired) electrons. The lowest BCUT2D eigenvalue weighted by Gasteiger charge is -2.20. The van der Waals surface area contributed by atoms with E-state index in [0.717, 1.165) is 29.8 Å². The van der Waals surface area contributed by atoms with Gasteiger partial charge in [-0.15, -0.1) is 0 Å². The van der Waals surface area contributed by atoms with Crippen molar-refractivity contribution >= 4 is 11.6 Å². The highest BCUT2D eigenvalue weighted by Crippen LogP contribution is 2.19. The average molecular weight is 264 g/mol. The van der Waals surface area contributed by atoms with Gasteiger partial charge in [-0.3, -0.25) is 9.69 Å². The van der Waals surface area contributed by atoms with E-state index in [-0.39, 0.29) is 12.5 Å². The lowest BCUT2D eigenvalue weighted by Crippen LogP contribution is -2.36. The molecule has 0 saturated heterocycles. The lowest BCUT2D eigenvalue weighted by molar-refractivity contribution is -0.117. The largest absolute Gasteiger partial charge is 0.395 e. The summed E-state index contributed by atoms with van der Waals surface area (Å²) in [5.74, 6) is -0.0284. The number of hydrogen-bond acceptors (Lipinski definition) is 3. The monoisotopic (exact) mass is 264 g/mol. The van der Waals surface area contributed by atoms with Crippen molar-refractivity contribution < 1.29 is 9.90 Å². The molecule has 0 heterocycles. The Hall–Kier alpha value is -1.39. The van der Waals surface area contributed by atoms with E-state index >= 15 is 0 Å². The summed E-state index contributed by atoms with van der Waals surface area (Å²) in [5.41, 5.74) is 3.03. The van der Waals surface area contributed by atoms with Gasteiger partial charge in [0.25, 0.3) is 0 Å². The van der Waals surface area contributed by atoms with Crippen LogP contribution in [-0.2, 0) is 4.79 Å². The van der Waals surface area contributed by atoms with Crippen LogP contribution in [-0.4, -0.2) is 42.2 Å². The minimum absolute atomic E-state index is 0.0284. The van der Waals surface area contributed by atoms with E-state index < -0.39 is 0 Å². The van der Waals surface area contributed by atoms with Crippen LogP contribution < -0.4 is 5.32 Å². The van der Waals surface area contributed by atoms with Gasteiger partial charge in [-0.2, -0.15) is 0 Å². The SMILES string of the molecule is CCCN(CCO)CC(=O)Nc1c(C)cccc1C. The molecule has 0 spiro atoms. The molecular formula is C15H24N2O2. The van der Waals surface area contributed by atoms with Crippen LogP contribution in [0, 0.1) is 13.8 Å². The molecule has 2 N–H and O–H groups in total. The van der Waals surface area contributed by atoms with Crippen molar-refractivity contribution in [2.45, 2.75) is 27.2 Å². The molecule has 4 heteroatoms. The van der Waals surface area contributed by atoms with Gasteiger partial charge in [0, 0.05) is 12.2 Å². The molecule has 0 atom stereocenters. The molecule has 0 aromatic heterocycles. The van der Waals surface area contributed by atoms with Gasteiger partial charge in [0.15, 0.2) is 0 Å². The van der Waals surface area contributed by atoms with Crippen molar-refractivity contribution in [3.63, 3.8) is 0 Å². The Morgan fingerprint density at radius 3 is 2.42 bits per heavy atom. The normalized spacial score (nSPS) is 10.8. The summed E-state index contributed by atoms with van der Waals surface area (Å²) in [6.07, 6.45) is 0.969. The molecule has 0 unspecified atom stereocenters. The van der Waals surface area contributed by atoms with E-state index in [0.29, 0.717) is 13.1 Å². The van der Waals surface area contributed by atoms with E-state index in [9.17, 15) is 4.79 Å². The van der Waals surface area contributed by atoms with Crippen LogP contribution in [0.3, 0.4) is 0 Å². The standard InChI is InChI=1S/C15H24N2O2/c1-4-8-17(9-10-18)11-14(19)16-15-12(2)6-5-7-13(15)3/h5-7,18H,4,8-11H2,1-3H3,(H,16,19). The average Bonchev–Trinajstić information content (AvgIpc) is 2.35. The van der Waals surface area contributed by atoms with Gasteiger partial charge in [0.05, 0.1) is 13.2 Å². The maximum Gasteiger partial charge on any atom is 0.238 e. The highest BCUT2D eigenvalue weighted by molar-refractivity contribution is 5.93. The second kappa shape index (κ2) is 7.92. The van der Waals surface area contributed by atoms with E-state index in [4.69, 9.17) is 5.11 Å². The maximum absolute atomic E-state index is 12.0. The van der Waals surface area contributed by atoms with Crippen molar-refractivity contribution in [2.24, 2.45) is 0 Å². The third kappa shape index (κ3) is 5.01. The van der Waals surface area contributed by atoms with Crippen LogP contribution in [0.5, 0.6) is 0 Å². The Kier molecular flexibility index (Phi) is 6.53. The number of aliphatic hydroxyl groups excluding tert-OH is 1. The summed E-state index contributed by atoms with van der Waals surface area (Å²) in [6, 6.07) is 5.95. The molecule has 0 bridgehead atoms. The zero-order valence-electron chi connectivity index (χ0n) is 12.1. The molecular weight excluding hydrogens is 240 g/mol. The number of aliphatic hydroxyl groups is 1. The maximum atomic E-state index is 12.0. The van der Waals surface area contributed by atoms with Crippen LogP contribution in [0.4, 0.5) is 5.69 Å². The molecule has 1 amide bonds. The second-order valence-electron chi connectivity index (χ2n) is 4.81. The predicted octanol–water partition coefficient (Wildman–Crippen LogP) is 1.95. The van der Waals surface area contributed by atoms with Gasteiger partial charge in [0.1, 0.15) is 0 Å². The number of amides is 1. The summed E-state index contributed by atoms with van der Waals surface area (Å²) in [6.45, 7) is 7.79. The molecule has 0 aliphatic heterocycles. The van der Waals surface area contributed by atoms with Crippen LogP contribution in [0.15, 0.2) is 18.2 Å². The highest BCUT2D eigenvalue weighted by Gasteiger charge is 2.11. The van der Waals surface area contributed by atoms with Gasteiger partial charge in [-0.25, -0.2) is 0 Å². The van der Waals surface area contributed by atoms with Crippen molar-refractivity contribution in [1.82, 2.24) is 4.90 Å². The smallest absolute Gasteiger partial charge is 0.238 e. The van der Waals surface area contributed by atoms with Crippen LogP contribution in [0.1, 0.15) is 24.5 Å². The predicted molar refractivity (Wildman–Crippen MR) is 78.4 cm³/mol. The fraction of sp³-hybridized carbons (Fsp3) is 0.533. The van der Waals surface area contributed by atoms with E-state index in [1.54, 1.807) is 0 Å². The van der Waals surface area contributed by atoms with Crippen molar-refractivity contribution in [3.8, 4) is 0 Å². The van der Waals surface area contributed by atoms with Crippen LogP contribution in [0.25, 0.3) is 0 Å². The topological polar surface area (TPSA) is 52.6 Å². The molecule has 0 fully saturated rings. The molecule has 0 aliphatic rings. The first-order valence-corrected chi connectivity index (χ1v) is 6.77. The Balaban J connectivity index is 2.63. The fourth-order valence-corrected chi connectivity index (χ4v) is 2.12. The third-order valence-corrected chi connectivity index (χ3v) is 3.07. The lowest BCUT2D eigenvalue weighted by atomic mass is 10.1. The molecule has 106 valence electrons. The quantitative estimate of drug-likeness (QED) is 0.791. The van der Waals surface area contributed by atoms with Crippen molar-refractivity contribution in [3.05, 3.63) is 29.3 Å². The molecule has 19 heavy (non-hydrogen) atoms. The Labute approximate surface area is 115 Å². The first-order chi connectivity index (χ1) is 9.08. The third-order valence-electron chi connectivity index (χ3n) is 3.07. The van der Waals surface area contributed by atoms with Gasteiger partial charge >= 0.3 is 0 Å². The summed E-state index contributed by atoms with van der Waals surface area (Å²) in [5, 5.41) is 11.9. The highest BCUT2D eigenvalue weighted by atomic mass is 16.3. The van der Waals surface area contributed by atoms with Crippen molar-refractivity contribution in [2.75, 3.05) is 31.6 Å². The Morgan fingerprint density at radius 1 is 1.26 bits per heavy atom. The zero-order valence-corrected chi connectivity index (χ0v) is 12.1. The van der Waals surface area contributed by atoms with Crippen LogP contribution >= 0.6 is 0 Å². The molecule has 1 rings (SSSR count). The minimum Gasteiger partial charge on any atom is -0.395 e. The number of hydrogen-bond donors (Lipinski definition) is 2. The van der Waals surface area contributed by atoms with Crippen LogP contribution in [0.2, 0.25) is 0 Å². The number of anilines is 1. The van der Waals surface area contributed by atoms with Gasteiger partial charge in [0.2, 0.25) is 5.91 Å². The minimum atomic E-state index is -0.0284. The van der Waals surface area contributed by atoms with E-state index in [1.165, 1.54) is 0 Å². The number of rotatable bonds is 7. The zero-order chi connectivity index (χ0) is 14.3. The number of nitrogens with zero attached hydrogens (tertiary/aromatic N) is 1. The number of carbonyl (C=O) groups excluding carboxylic acids is 1. The molecule has 4 nitrogen and oxygen atoms in total.